The van der Waals surface area contributed by atoms with Gasteiger partial charge in [0.2, 0.25) is 0 Å². The summed E-state index contributed by atoms with van der Waals surface area (Å²) in [6.07, 6.45) is 3.45. The van der Waals surface area contributed by atoms with Crippen molar-refractivity contribution in [3.63, 3.8) is 0 Å². The lowest BCUT2D eigenvalue weighted by atomic mass is 10.0. The molecule has 1 atom stereocenters. The zero-order valence-electron chi connectivity index (χ0n) is 10.6. The first kappa shape index (κ1) is 12.0. The second-order valence-electron chi connectivity index (χ2n) is 4.75. The number of carbonyl (C=O) groups is 1. The minimum Gasteiger partial charge on any atom is -0.477 e. The third-order valence-corrected chi connectivity index (χ3v) is 3.48. The Bertz CT molecular complexity index is 439. The molecule has 94 valence electrons. The van der Waals surface area contributed by atoms with Crippen LogP contribution < -0.4 is 4.90 Å². The quantitative estimate of drug-likeness (QED) is 0.852. The van der Waals surface area contributed by atoms with E-state index in [9.17, 15) is 9.90 Å². The Balaban J connectivity index is 2.46. The van der Waals surface area contributed by atoms with Gasteiger partial charge in [-0.1, -0.05) is 0 Å². The van der Waals surface area contributed by atoms with Crippen LogP contribution in [0.5, 0.6) is 0 Å². The van der Waals surface area contributed by atoms with Crippen LogP contribution in [0.25, 0.3) is 0 Å². The molecular weight excluding hydrogens is 218 g/mol. The Hall–Kier alpha value is -1.52. The molecule has 1 N–H and O–H groups in total. The predicted molar refractivity (Wildman–Crippen MR) is 65.6 cm³/mol. The van der Waals surface area contributed by atoms with E-state index in [1.165, 1.54) is 6.42 Å². The van der Waals surface area contributed by atoms with Crippen molar-refractivity contribution in [3.8, 4) is 0 Å². The standard InChI is InChI=1S/C12H19N3O2/c1-8-6-4-5-7-15(8)11-10(12(16)17)9(2)13-14(11)3/h8H,4-7H2,1-3H3,(H,16,17). The molecule has 1 aliphatic heterocycles. The molecular formula is C12H19N3O2. The Morgan fingerprint density at radius 3 is 2.76 bits per heavy atom. The monoisotopic (exact) mass is 237 g/mol. The smallest absolute Gasteiger partial charge is 0.341 e. The van der Waals surface area contributed by atoms with E-state index in [0.29, 0.717) is 17.3 Å². The van der Waals surface area contributed by atoms with Crippen molar-refractivity contribution in [1.29, 1.82) is 0 Å². The van der Waals surface area contributed by atoms with E-state index in [0.717, 1.165) is 25.2 Å². The Kier molecular flexibility index (Phi) is 3.09. The summed E-state index contributed by atoms with van der Waals surface area (Å²) in [5.41, 5.74) is 0.939. The normalized spacial score (nSPS) is 20.6. The lowest BCUT2D eigenvalue weighted by Gasteiger charge is -2.35. The van der Waals surface area contributed by atoms with Crippen LogP contribution >= 0.6 is 0 Å². The van der Waals surface area contributed by atoms with E-state index in [-0.39, 0.29) is 0 Å². The summed E-state index contributed by atoms with van der Waals surface area (Å²) in [5.74, 6) is -0.134. The third kappa shape index (κ3) is 2.01. The lowest BCUT2D eigenvalue weighted by Crippen LogP contribution is -2.39. The van der Waals surface area contributed by atoms with E-state index in [1.54, 1.807) is 11.6 Å². The molecule has 1 saturated heterocycles. The van der Waals surface area contributed by atoms with Gasteiger partial charge in [0.25, 0.3) is 0 Å². The number of piperidine rings is 1. The average molecular weight is 237 g/mol. The van der Waals surface area contributed by atoms with Gasteiger partial charge in [0.1, 0.15) is 11.4 Å². The lowest BCUT2D eigenvalue weighted by molar-refractivity contribution is 0.0696. The van der Waals surface area contributed by atoms with Crippen molar-refractivity contribution in [2.75, 3.05) is 11.4 Å². The van der Waals surface area contributed by atoms with Crippen LogP contribution in [0, 0.1) is 6.92 Å². The second kappa shape index (κ2) is 4.39. The molecule has 0 radical (unpaired) electrons. The topological polar surface area (TPSA) is 58.4 Å². The number of aromatic carboxylic acids is 1. The molecule has 17 heavy (non-hydrogen) atoms. The number of carboxylic acid groups (broad SMARTS) is 1. The molecule has 0 bridgehead atoms. The van der Waals surface area contributed by atoms with Gasteiger partial charge in [0, 0.05) is 19.6 Å². The number of rotatable bonds is 2. The van der Waals surface area contributed by atoms with E-state index < -0.39 is 5.97 Å². The van der Waals surface area contributed by atoms with Crippen molar-refractivity contribution < 1.29 is 9.90 Å². The first-order valence-corrected chi connectivity index (χ1v) is 6.06. The summed E-state index contributed by atoms with van der Waals surface area (Å²) in [5, 5.41) is 13.5. The number of anilines is 1. The van der Waals surface area contributed by atoms with Crippen LogP contribution in [0.1, 0.15) is 42.2 Å². The fourth-order valence-electron chi connectivity index (χ4n) is 2.64. The van der Waals surface area contributed by atoms with Crippen molar-refractivity contribution in [3.05, 3.63) is 11.3 Å². The summed E-state index contributed by atoms with van der Waals surface area (Å²) >= 11 is 0. The summed E-state index contributed by atoms with van der Waals surface area (Å²) < 4.78 is 1.70. The molecule has 1 aromatic rings. The largest absolute Gasteiger partial charge is 0.477 e. The van der Waals surface area contributed by atoms with Crippen LogP contribution in [0.3, 0.4) is 0 Å². The summed E-state index contributed by atoms with van der Waals surface area (Å²) in [7, 11) is 1.82. The van der Waals surface area contributed by atoms with Crippen molar-refractivity contribution in [2.24, 2.45) is 7.05 Å². The molecule has 2 rings (SSSR count). The minimum atomic E-state index is -0.886. The Morgan fingerprint density at radius 2 is 2.18 bits per heavy atom. The SMILES string of the molecule is Cc1nn(C)c(N2CCCCC2C)c1C(=O)O. The van der Waals surface area contributed by atoms with Crippen molar-refractivity contribution in [1.82, 2.24) is 9.78 Å². The van der Waals surface area contributed by atoms with E-state index in [1.807, 2.05) is 7.05 Å². The maximum atomic E-state index is 11.3. The highest BCUT2D eigenvalue weighted by Crippen LogP contribution is 2.29. The van der Waals surface area contributed by atoms with Gasteiger partial charge in [-0.15, -0.1) is 0 Å². The maximum Gasteiger partial charge on any atom is 0.341 e. The zero-order valence-corrected chi connectivity index (χ0v) is 10.6. The van der Waals surface area contributed by atoms with Gasteiger partial charge >= 0.3 is 5.97 Å². The summed E-state index contributed by atoms with van der Waals surface area (Å²) in [6.45, 7) is 4.81. The summed E-state index contributed by atoms with van der Waals surface area (Å²) in [6, 6.07) is 0.386. The Morgan fingerprint density at radius 1 is 1.47 bits per heavy atom. The van der Waals surface area contributed by atoms with Gasteiger partial charge < -0.3 is 10.0 Å². The number of hydrogen-bond donors (Lipinski definition) is 1. The first-order chi connectivity index (χ1) is 8.02. The van der Waals surface area contributed by atoms with Gasteiger partial charge in [-0.3, -0.25) is 4.68 Å². The van der Waals surface area contributed by atoms with Crippen molar-refractivity contribution in [2.45, 2.75) is 39.2 Å². The van der Waals surface area contributed by atoms with E-state index >= 15 is 0 Å². The molecule has 0 amide bonds. The predicted octanol–water partition coefficient (Wildman–Crippen LogP) is 1.81. The highest BCUT2D eigenvalue weighted by atomic mass is 16.4. The number of aryl methyl sites for hydroxylation is 2. The molecule has 0 aromatic carbocycles. The van der Waals surface area contributed by atoms with Crippen LogP contribution in [-0.4, -0.2) is 33.4 Å². The summed E-state index contributed by atoms with van der Waals surface area (Å²) in [4.78, 5) is 13.5. The minimum absolute atomic E-state index is 0.348. The number of nitrogens with zero attached hydrogens (tertiary/aromatic N) is 3. The van der Waals surface area contributed by atoms with Gasteiger partial charge in [0.15, 0.2) is 0 Å². The first-order valence-electron chi connectivity index (χ1n) is 6.06. The van der Waals surface area contributed by atoms with Gasteiger partial charge in [-0.05, 0) is 33.1 Å². The number of carboxylic acids is 1. The van der Waals surface area contributed by atoms with Crippen LogP contribution in [0.2, 0.25) is 0 Å². The fourth-order valence-corrected chi connectivity index (χ4v) is 2.64. The molecule has 1 unspecified atom stereocenters. The van der Waals surface area contributed by atoms with Crippen LogP contribution in [0.15, 0.2) is 0 Å². The van der Waals surface area contributed by atoms with Gasteiger partial charge in [-0.2, -0.15) is 5.10 Å². The Labute approximate surface area is 101 Å². The number of aromatic nitrogens is 2. The van der Waals surface area contributed by atoms with E-state index in [4.69, 9.17) is 0 Å². The number of hydrogen-bond acceptors (Lipinski definition) is 3. The molecule has 5 heteroatoms. The molecule has 0 spiro atoms. The maximum absolute atomic E-state index is 11.3. The highest BCUT2D eigenvalue weighted by Gasteiger charge is 2.28. The molecule has 1 aromatic heterocycles. The zero-order chi connectivity index (χ0) is 12.6. The van der Waals surface area contributed by atoms with Gasteiger partial charge in [0.05, 0.1) is 5.69 Å². The van der Waals surface area contributed by atoms with Gasteiger partial charge in [-0.25, -0.2) is 4.79 Å². The molecule has 5 nitrogen and oxygen atoms in total. The molecule has 1 fully saturated rings. The second-order valence-corrected chi connectivity index (χ2v) is 4.75. The van der Waals surface area contributed by atoms with E-state index in [2.05, 4.69) is 16.9 Å². The molecule has 1 aliphatic rings. The van der Waals surface area contributed by atoms with Crippen LogP contribution in [0.4, 0.5) is 5.82 Å². The third-order valence-electron chi connectivity index (χ3n) is 3.48. The molecule has 0 saturated carbocycles. The average Bonchev–Trinajstić information content (AvgIpc) is 2.54. The fraction of sp³-hybridized carbons (Fsp3) is 0.667. The molecule has 2 heterocycles. The van der Waals surface area contributed by atoms with Crippen molar-refractivity contribution >= 4 is 11.8 Å². The molecule has 0 aliphatic carbocycles. The van der Waals surface area contributed by atoms with Crippen LogP contribution in [-0.2, 0) is 7.05 Å². The highest BCUT2D eigenvalue weighted by molar-refractivity contribution is 5.95.